The summed E-state index contributed by atoms with van der Waals surface area (Å²) in [5.41, 5.74) is 1.73. The molecule has 8 nitrogen and oxygen atoms in total. The summed E-state index contributed by atoms with van der Waals surface area (Å²) in [7, 11) is -0.607. The molecule has 1 amide bonds. The Morgan fingerprint density at radius 1 is 1.22 bits per heavy atom. The first-order valence-electron chi connectivity index (χ1n) is 8.08. The van der Waals surface area contributed by atoms with Crippen molar-refractivity contribution in [2.75, 3.05) is 19.4 Å². The maximum atomic E-state index is 12.2. The Kier molecular flexibility index (Phi) is 5.45. The summed E-state index contributed by atoms with van der Waals surface area (Å²) >= 11 is 5.90. The van der Waals surface area contributed by atoms with Gasteiger partial charge in [0, 0.05) is 31.2 Å². The molecule has 0 aliphatic rings. The number of carbonyl (C=O) groups is 1. The van der Waals surface area contributed by atoms with E-state index in [4.69, 9.17) is 11.6 Å². The van der Waals surface area contributed by atoms with E-state index in [1.54, 1.807) is 35.0 Å². The smallest absolute Gasteiger partial charge is 0.242 e. The number of rotatable bonds is 6. The Labute approximate surface area is 161 Å². The number of sulfonamides is 1. The van der Waals surface area contributed by atoms with Crippen LogP contribution in [-0.2, 0) is 21.4 Å². The molecule has 3 rings (SSSR count). The highest BCUT2D eigenvalue weighted by atomic mass is 35.5. The fourth-order valence-electron chi connectivity index (χ4n) is 2.49. The maximum Gasteiger partial charge on any atom is 0.242 e. The van der Waals surface area contributed by atoms with Crippen molar-refractivity contribution in [3.63, 3.8) is 0 Å². The van der Waals surface area contributed by atoms with E-state index in [-0.39, 0.29) is 17.2 Å². The molecule has 10 heteroatoms. The summed E-state index contributed by atoms with van der Waals surface area (Å²) in [5.74, 6) is -0.187. The van der Waals surface area contributed by atoms with E-state index in [0.29, 0.717) is 28.3 Å². The van der Waals surface area contributed by atoms with Crippen LogP contribution in [0.25, 0.3) is 11.0 Å². The molecule has 0 saturated heterocycles. The van der Waals surface area contributed by atoms with Crippen molar-refractivity contribution in [3.05, 3.63) is 47.5 Å². The van der Waals surface area contributed by atoms with Crippen molar-refractivity contribution in [1.29, 1.82) is 0 Å². The number of benzene rings is 2. The molecule has 1 N–H and O–H groups in total. The highest BCUT2D eigenvalue weighted by Crippen LogP contribution is 2.20. The lowest BCUT2D eigenvalue weighted by Crippen LogP contribution is -2.22. The van der Waals surface area contributed by atoms with E-state index >= 15 is 0 Å². The van der Waals surface area contributed by atoms with Crippen molar-refractivity contribution in [1.82, 2.24) is 19.3 Å². The van der Waals surface area contributed by atoms with Crippen LogP contribution in [0.15, 0.2) is 47.4 Å². The van der Waals surface area contributed by atoms with Gasteiger partial charge in [0.25, 0.3) is 0 Å². The van der Waals surface area contributed by atoms with Gasteiger partial charge in [0.15, 0.2) is 0 Å². The van der Waals surface area contributed by atoms with E-state index in [9.17, 15) is 13.2 Å². The van der Waals surface area contributed by atoms with Crippen LogP contribution in [0, 0.1) is 0 Å². The summed E-state index contributed by atoms with van der Waals surface area (Å²) in [4.78, 5) is 12.3. The lowest BCUT2D eigenvalue weighted by Gasteiger charge is -2.11. The molecule has 0 radical (unpaired) electrons. The van der Waals surface area contributed by atoms with Gasteiger partial charge in [-0.1, -0.05) is 22.9 Å². The predicted octanol–water partition coefficient (Wildman–Crippen LogP) is 2.36. The minimum absolute atomic E-state index is 0.144. The Morgan fingerprint density at radius 3 is 2.70 bits per heavy atom. The van der Waals surface area contributed by atoms with Gasteiger partial charge >= 0.3 is 0 Å². The van der Waals surface area contributed by atoms with Gasteiger partial charge in [0.05, 0.1) is 17.0 Å². The first kappa shape index (κ1) is 19.3. The van der Waals surface area contributed by atoms with Gasteiger partial charge in [-0.2, -0.15) is 0 Å². The topological polar surface area (TPSA) is 97.2 Å². The number of aryl methyl sites for hydroxylation is 1. The average molecular weight is 408 g/mol. The molecular formula is C17H18ClN5O3S. The fourth-order valence-corrected chi connectivity index (χ4v) is 3.60. The molecule has 2 aromatic carbocycles. The molecule has 3 aromatic rings. The second kappa shape index (κ2) is 7.63. The summed E-state index contributed by atoms with van der Waals surface area (Å²) in [5, 5.41) is 11.3. The third kappa shape index (κ3) is 4.26. The second-order valence-electron chi connectivity index (χ2n) is 6.06. The lowest BCUT2D eigenvalue weighted by atomic mass is 10.3. The number of fused-ring (bicyclic) bond motifs is 1. The van der Waals surface area contributed by atoms with Gasteiger partial charge in [-0.25, -0.2) is 17.4 Å². The van der Waals surface area contributed by atoms with E-state index in [1.165, 1.54) is 26.2 Å². The number of aromatic nitrogens is 3. The van der Waals surface area contributed by atoms with Crippen LogP contribution in [-0.4, -0.2) is 47.7 Å². The zero-order valence-corrected chi connectivity index (χ0v) is 16.3. The molecule has 142 valence electrons. The molecule has 0 saturated carbocycles. The van der Waals surface area contributed by atoms with Gasteiger partial charge in [-0.15, -0.1) is 5.10 Å². The van der Waals surface area contributed by atoms with Crippen molar-refractivity contribution in [3.8, 4) is 0 Å². The van der Waals surface area contributed by atoms with Gasteiger partial charge in [-0.3, -0.25) is 4.79 Å². The number of nitrogens with zero attached hydrogens (tertiary/aromatic N) is 4. The minimum atomic E-state index is -3.54. The van der Waals surface area contributed by atoms with Crippen LogP contribution < -0.4 is 5.32 Å². The Morgan fingerprint density at radius 2 is 2.00 bits per heavy atom. The normalized spacial score (nSPS) is 11.9. The van der Waals surface area contributed by atoms with E-state index in [0.717, 1.165) is 4.31 Å². The summed E-state index contributed by atoms with van der Waals surface area (Å²) < 4.78 is 27.1. The number of carbonyl (C=O) groups excluding carboxylic acids is 1. The molecule has 1 aromatic heterocycles. The molecule has 0 atom stereocenters. The third-order valence-corrected chi connectivity index (χ3v) is 5.97. The average Bonchev–Trinajstić information content (AvgIpc) is 3.02. The fraction of sp³-hybridized carbons (Fsp3) is 0.235. The zero-order chi connectivity index (χ0) is 19.6. The number of hydrogen-bond acceptors (Lipinski definition) is 5. The highest BCUT2D eigenvalue weighted by molar-refractivity contribution is 7.89. The van der Waals surface area contributed by atoms with Crippen LogP contribution in [0.2, 0.25) is 5.02 Å². The second-order valence-corrected chi connectivity index (χ2v) is 8.65. The number of amides is 1. The van der Waals surface area contributed by atoms with Crippen LogP contribution in [0.3, 0.4) is 0 Å². The van der Waals surface area contributed by atoms with Crippen LogP contribution in [0.4, 0.5) is 5.69 Å². The molecular weight excluding hydrogens is 390 g/mol. The van der Waals surface area contributed by atoms with Crippen molar-refractivity contribution in [2.45, 2.75) is 17.9 Å². The van der Waals surface area contributed by atoms with Crippen molar-refractivity contribution in [2.24, 2.45) is 0 Å². The predicted molar refractivity (Wildman–Crippen MR) is 103 cm³/mol. The first-order valence-corrected chi connectivity index (χ1v) is 9.90. The van der Waals surface area contributed by atoms with Gasteiger partial charge in [0.1, 0.15) is 5.52 Å². The molecule has 0 bridgehead atoms. The van der Waals surface area contributed by atoms with Gasteiger partial charge in [-0.05, 0) is 36.4 Å². The minimum Gasteiger partial charge on any atom is -0.326 e. The van der Waals surface area contributed by atoms with Crippen LogP contribution >= 0.6 is 11.6 Å². The maximum absolute atomic E-state index is 12.2. The first-order chi connectivity index (χ1) is 12.8. The van der Waals surface area contributed by atoms with Gasteiger partial charge in [0.2, 0.25) is 15.9 Å². The summed E-state index contributed by atoms with van der Waals surface area (Å²) in [6, 6.07) is 11.5. The van der Waals surface area contributed by atoms with Crippen molar-refractivity contribution >= 4 is 44.3 Å². The Bertz CT molecular complexity index is 1090. The Hall–Kier alpha value is -2.49. The zero-order valence-electron chi connectivity index (χ0n) is 14.8. The summed E-state index contributed by atoms with van der Waals surface area (Å²) in [6.45, 7) is 0.308. The van der Waals surface area contributed by atoms with E-state index in [2.05, 4.69) is 15.6 Å². The SMILES string of the molecule is CN(C)S(=O)(=O)c1ccc2c(c1)nnn2CCC(=O)Nc1cccc(Cl)c1. The molecule has 1 heterocycles. The number of halogens is 1. The number of nitrogens with one attached hydrogen (secondary N) is 1. The quantitative estimate of drug-likeness (QED) is 0.676. The van der Waals surface area contributed by atoms with Crippen LogP contribution in [0.1, 0.15) is 6.42 Å². The van der Waals surface area contributed by atoms with E-state index < -0.39 is 10.0 Å². The molecule has 27 heavy (non-hydrogen) atoms. The third-order valence-electron chi connectivity index (χ3n) is 3.92. The van der Waals surface area contributed by atoms with Crippen molar-refractivity contribution < 1.29 is 13.2 Å². The van der Waals surface area contributed by atoms with Gasteiger partial charge < -0.3 is 5.32 Å². The molecule has 0 fully saturated rings. The summed E-state index contributed by atoms with van der Waals surface area (Å²) in [6.07, 6.45) is 0.183. The molecule has 0 spiro atoms. The Balaban J connectivity index is 1.72. The molecule has 0 aliphatic heterocycles. The van der Waals surface area contributed by atoms with Crippen LogP contribution in [0.5, 0.6) is 0 Å². The van der Waals surface area contributed by atoms with E-state index in [1.807, 2.05) is 0 Å². The number of anilines is 1. The standard InChI is InChI=1S/C17H18ClN5O3S/c1-22(2)27(25,26)14-6-7-16-15(11-14)20-21-23(16)9-8-17(24)19-13-5-3-4-12(18)10-13/h3-7,10-11H,8-9H2,1-2H3,(H,19,24). The highest BCUT2D eigenvalue weighted by Gasteiger charge is 2.19. The largest absolute Gasteiger partial charge is 0.326 e. The lowest BCUT2D eigenvalue weighted by molar-refractivity contribution is -0.116. The molecule has 0 aliphatic carbocycles. The molecule has 0 unspecified atom stereocenters. The monoisotopic (exact) mass is 407 g/mol. The number of hydrogen-bond donors (Lipinski definition) is 1.